The number of pyridine rings is 1. The summed E-state index contributed by atoms with van der Waals surface area (Å²) in [6, 6.07) is 18.2. The molecule has 162 valence electrons. The molecule has 0 radical (unpaired) electrons. The van der Waals surface area contributed by atoms with Gasteiger partial charge in [-0.25, -0.2) is 4.79 Å². The van der Waals surface area contributed by atoms with Gasteiger partial charge in [-0.1, -0.05) is 59.6 Å². The lowest BCUT2D eigenvalue weighted by atomic mass is 10.0. The maximum Gasteiger partial charge on any atom is 0.340 e. The summed E-state index contributed by atoms with van der Waals surface area (Å²) < 4.78 is 12.7. The SMILES string of the molecule is CCOC(=O)c1c(-c2cc(Cl)c(OCc3ccccc3)cc2Cl)c(C=O)n2ccccc12. The van der Waals surface area contributed by atoms with E-state index in [9.17, 15) is 9.59 Å². The van der Waals surface area contributed by atoms with Crippen LogP contribution in [0.1, 0.15) is 33.3 Å². The van der Waals surface area contributed by atoms with Crippen LogP contribution in [-0.2, 0) is 11.3 Å². The second-order valence-corrected chi connectivity index (χ2v) is 7.78. The van der Waals surface area contributed by atoms with Gasteiger partial charge in [0.2, 0.25) is 0 Å². The Balaban J connectivity index is 1.83. The Kier molecular flexibility index (Phi) is 6.49. The van der Waals surface area contributed by atoms with E-state index in [2.05, 4.69) is 0 Å². The van der Waals surface area contributed by atoms with Crippen molar-refractivity contribution in [3.8, 4) is 16.9 Å². The molecule has 0 N–H and O–H groups in total. The van der Waals surface area contributed by atoms with E-state index in [4.69, 9.17) is 32.7 Å². The van der Waals surface area contributed by atoms with Crippen LogP contribution in [0.4, 0.5) is 0 Å². The number of carbonyl (C=O) groups is 2. The van der Waals surface area contributed by atoms with Crippen molar-refractivity contribution in [1.29, 1.82) is 0 Å². The number of esters is 1. The summed E-state index contributed by atoms with van der Waals surface area (Å²) in [4.78, 5) is 24.9. The van der Waals surface area contributed by atoms with E-state index < -0.39 is 5.97 Å². The quantitative estimate of drug-likeness (QED) is 0.230. The molecule has 0 aliphatic carbocycles. The molecule has 0 bridgehead atoms. The highest BCUT2D eigenvalue weighted by Gasteiger charge is 2.27. The second-order valence-electron chi connectivity index (χ2n) is 6.97. The van der Waals surface area contributed by atoms with Gasteiger partial charge in [0.05, 0.1) is 33.4 Å². The molecule has 0 aliphatic heterocycles. The van der Waals surface area contributed by atoms with Crippen molar-refractivity contribution in [2.24, 2.45) is 0 Å². The molecule has 2 aromatic heterocycles. The summed E-state index contributed by atoms with van der Waals surface area (Å²) in [5, 5.41) is 0.601. The molecule has 0 atom stereocenters. The average Bonchev–Trinajstić information content (AvgIpc) is 3.14. The van der Waals surface area contributed by atoms with Crippen molar-refractivity contribution >= 4 is 41.0 Å². The predicted octanol–water partition coefficient (Wildman–Crippen LogP) is 6.48. The third-order valence-electron chi connectivity index (χ3n) is 5.00. The fourth-order valence-corrected chi connectivity index (χ4v) is 4.06. The summed E-state index contributed by atoms with van der Waals surface area (Å²) >= 11 is 13.1. The molecule has 4 rings (SSSR count). The number of aldehydes is 1. The molecule has 0 saturated heterocycles. The van der Waals surface area contributed by atoms with E-state index in [1.165, 1.54) is 0 Å². The largest absolute Gasteiger partial charge is 0.487 e. The summed E-state index contributed by atoms with van der Waals surface area (Å²) in [6.07, 6.45) is 2.40. The Morgan fingerprint density at radius 1 is 1.03 bits per heavy atom. The highest BCUT2D eigenvalue weighted by atomic mass is 35.5. The van der Waals surface area contributed by atoms with Crippen LogP contribution in [0.5, 0.6) is 5.75 Å². The van der Waals surface area contributed by atoms with Gasteiger partial charge in [0, 0.05) is 23.4 Å². The summed E-state index contributed by atoms with van der Waals surface area (Å²) in [7, 11) is 0. The average molecular weight is 468 g/mol. The molecule has 0 saturated carbocycles. The number of ether oxygens (including phenoxy) is 2. The third-order valence-corrected chi connectivity index (χ3v) is 5.61. The van der Waals surface area contributed by atoms with Crippen LogP contribution in [0.2, 0.25) is 10.0 Å². The van der Waals surface area contributed by atoms with Crippen LogP contribution in [-0.4, -0.2) is 23.3 Å². The highest BCUT2D eigenvalue weighted by Crippen LogP contribution is 2.41. The molecule has 0 fully saturated rings. The zero-order valence-electron chi connectivity index (χ0n) is 17.2. The topological polar surface area (TPSA) is 57.0 Å². The summed E-state index contributed by atoms with van der Waals surface area (Å²) in [6.45, 7) is 2.23. The lowest BCUT2D eigenvalue weighted by molar-refractivity contribution is 0.0529. The number of carbonyl (C=O) groups excluding carboxylic acids is 2. The predicted molar refractivity (Wildman–Crippen MR) is 125 cm³/mol. The Bertz CT molecular complexity index is 1300. The van der Waals surface area contributed by atoms with Gasteiger partial charge in [-0.15, -0.1) is 0 Å². The van der Waals surface area contributed by atoms with Gasteiger partial charge < -0.3 is 13.9 Å². The first-order valence-corrected chi connectivity index (χ1v) is 10.7. The van der Waals surface area contributed by atoms with Crippen LogP contribution in [0.15, 0.2) is 66.9 Å². The number of benzene rings is 2. The molecule has 7 heteroatoms. The van der Waals surface area contributed by atoms with Crippen LogP contribution in [0.3, 0.4) is 0 Å². The van der Waals surface area contributed by atoms with Crippen molar-refractivity contribution in [2.75, 3.05) is 6.61 Å². The molecular weight excluding hydrogens is 449 g/mol. The van der Waals surface area contributed by atoms with Crippen molar-refractivity contribution < 1.29 is 19.1 Å². The van der Waals surface area contributed by atoms with E-state index >= 15 is 0 Å². The maximum atomic E-state index is 12.9. The Hall–Kier alpha value is -3.28. The van der Waals surface area contributed by atoms with Crippen molar-refractivity contribution in [2.45, 2.75) is 13.5 Å². The van der Waals surface area contributed by atoms with E-state index in [-0.39, 0.29) is 17.9 Å². The van der Waals surface area contributed by atoms with Gasteiger partial charge in [0.1, 0.15) is 12.4 Å². The van der Waals surface area contributed by atoms with E-state index in [1.807, 2.05) is 30.3 Å². The van der Waals surface area contributed by atoms with Crippen LogP contribution in [0, 0.1) is 0 Å². The maximum absolute atomic E-state index is 12.9. The van der Waals surface area contributed by atoms with Gasteiger partial charge >= 0.3 is 5.97 Å². The van der Waals surface area contributed by atoms with Crippen LogP contribution >= 0.6 is 23.2 Å². The van der Waals surface area contributed by atoms with Crippen LogP contribution < -0.4 is 4.74 Å². The van der Waals surface area contributed by atoms with Crippen LogP contribution in [0.25, 0.3) is 16.6 Å². The van der Waals surface area contributed by atoms with Crippen molar-refractivity contribution in [3.05, 3.63) is 93.7 Å². The molecule has 0 amide bonds. The van der Waals surface area contributed by atoms with Gasteiger partial charge in [-0.05, 0) is 30.7 Å². The molecule has 5 nitrogen and oxygen atoms in total. The fraction of sp³-hybridized carbons (Fsp3) is 0.120. The minimum absolute atomic E-state index is 0.194. The third kappa shape index (κ3) is 4.09. The first-order valence-electron chi connectivity index (χ1n) is 9.96. The number of fused-ring (bicyclic) bond motifs is 1. The normalized spacial score (nSPS) is 10.8. The minimum Gasteiger partial charge on any atom is -0.487 e. The molecule has 2 heterocycles. The monoisotopic (exact) mass is 467 g/mol. The summed E-state index contributed by atoms with van der Waals surface area (Å²) in [5.74, 6) is -0.144. The van der Waals surface area contributed by atoms with Gasteiger partial charge in [0.25, 0.3) is 0 Å². The Labute approximate surface area is 195 Å². The lowest BCUT2D eigenvalue weighted by Crippen LogP contribution is -2.06. The fourth-order valence-electron chi connectivity index (χ4n) is 3.60. The van der Waals surface area contributed by atoms with Gasteiger partial charge in [-0.3, -0.25) is 4.79 Å². The molecule has 4 aromatic rings. The number of nitrogens with zero attached hydrogens (tertiary/aromatic N) is 1. The van der Waals surface area contributed by atoms with E-state index in [1.54, 1.807) is 47.9 Å². The number of rotatable bonds is 7. The Morgan fingerprint density at radius 3 is 2.50 bits per heavy atom. The second kappa shape index (κ2) is 9.47. The number of halogens is 2. The molecule has 0 aliphatic rings. The van der Waals surface area contributed by atoms with E-state index in [0.29, 0.717) is 45.3 Å². The lowest BCUT2D eigenvalue weighted by Gasteiger charge is -2.13. The van der Waals surface area contributed by atoms with Crippen molar-refractivity contribution in [3.63, 3.8) is 0 Å². The first-order chi connectivity index (χ1) is 15.5. The number of aromatic nitrogens is 1. The Morgan fingerprint density at radius 2 is 1.78 bits per heavy atom. The summed E-state index contributed by atoms with van der Waals surface area (Å²) in [5.41, 5.74) is 2.86. The molecule has 2 aromatic carbocycles. The molecule has 32 heavy (non-hydrogen) atoms. The number of hydrogen-bond donors (Lipinski definition) is 0. The smallest absolute Gasteiger partial charge is 0.340 e. The highest BCUT2D eigenvalue weighted by molar-refractivity contribution is 6.37. The van der Waals surface area contributed by atoms with E-state index in [0.717, 1.165) is 5.56 Å². The number of hydrogen-bond acceptors (Lipinski definition) is 4. The van der Waals surface area contributed by atoms with Crippen molar-refractivity contribution in [1.82, 2.24) is 4.40 Å². The zero-order valence-corrected chi connectivity index (χ0v) is 18.7. The first kappa shape index (κ1) is 21.9. The zero-order chi connectivity index (χ0) is 22.7. The minimum atomic E-state index is -0.545. The molecular formula is C25H19Cl2NO4. The molecule has 0 unspecified atom stereocenters. The molecule has 0 spiro atoms. The standard InChI is InChI=1S/C25H19Cl2NO4/c1-2-31-25(30)24-20-10-6-7-11-28(20)21(14-29)23(24)17-12-19(27)22(13-18(17)26)32-15-16-8-4-3-5-9-16/h3-14H,2,15H2,1H3. The van der Waals surface area contributed by atoms with Gasteiger partial charge in [0.15, 0.2) is 6.29 Å². The van der Waals surface area contributed by atoms with Gasteiger partial charge in [-0.2, -0.15) is 0 Å².